The van der Waals surface area contributed by atoms with E-state index < -0.39 is 0 Å². The molecule has 1 aromatic carbocycles. The summed E-state index contributed by atoms with van der Waals surface area (Å²) in [6.45, 7) is 4.32. The third-order valence-corrected chi connectivity index (χ3v) is 4.81. The number of nitrogens with zero attached hydrogens (tertiary/aromatic N) is 2. The SMILES string of the molecule is COCCN(Cc1ccccc1Cl)C(=O)NC1CCN(C(C)=O)CC1. The number of amides is 3. The van der Waals surface area contributed by atoms with Crippen molar-refractivity contribution in [3.05, 3.63) is 34.9 Å². The van der Waals surface area contributed by atoms with Gasteiger partial charge in [0.15, 0.2) is 0 Å². The molecule has 0 aliphatic carbocycles. The summed E-state index contributed by atoms with van der Waals surface area (Å²) in [6.07, 6.45) is 1.55. The van der Waals surface area contributed by atoms with Gasteiger partial charge in [0.2, 0.25) is 5.91 Å². The van der Waals surface area contributed by atoms with Crippen molar-refractivity contribution in [1.82, 2.24) is 15.1 Å². The van der Waals surface area contributed by atoms with Crippen molar-refractivity contribution in [1.29, 1.82) is 0 Å². The Balaban J connectivity index is 1.94. The highest BCUT2D eigenvalue weighted by Gasteiger charge is 2.24. The van der Waals surface area contributed by atoms with E-state index in [1.54, 1.807) is 18.9 Å². The van der Waals surface area contributed by atoms with E-state index in [0.717, 1.165) is 18.4 Å². The molecular formula is C18H26ClN3O3. The summed E-state index contributed by atoms with van der Waals surface area (Å²) in [6, 6.07) is 7.47. The minimum Gasteiger partial charge on any atom is -0.383 e. The van der Waals surface area contributed by atoms with Crippen LogP contribution < -0.4 is 5.32 Å². The quantitative estimate of drug-likeness (QED) is 0.840. The lowest BCUT2D eigenvalue weighted by molar-refractivity contribution is -0.129. The highest BCUT2D eigenvalue weighted by molar-refractivity contribution is 6.31. The van der Waals surface area contributed by atoms with Crippen molar-refractivity contribution in [3.63, 3.8) is 0 Å². The summed E-state index contributed by atoms with van der Waals surface area (Å²) in [7, 11) is 1.61. The van der Waals surface area contributed by atoms with Gasteiger partial charge >= 0.3 is 6.03 Å². The fourth-order valence-electron chi connectivity index (χ4n) is 2.89. The Bertz CT molecular complexity index is 589. The number of ether oxygens (including phenoxy) is 1. The first-order chi connectivity index (χ1) is 12.0. The number of nitrogens with one attached hydrogen (secondary N) is 1. The van der Waals surface area contributed by atoms with Gasteiger partial charge in [-0.1, -0.05) is 29.8 Å². The molecule has 0 spiro atoms. The molecule has 1 N–H and O–H groups in total. The molecule has 0 aromatic heterocycles. The Hall–Kier alpha value is -1.79. The van der Waals surface area contributed by atoms with Crippen molar-refractivity contribution in [2.24, 2.45) is 0 Å². The maximum absolute atomic E-state index is 12.7. The summed E-state index contributed by atoms with van der Waals surface area (Å²) >= 11 is 6.22. The lowest BCUT2D eigenvalue weighted by Crippen LogP contribution is -2.50. The highest BCUT2D eigenvalue weighted by atomic mass is 35.5. The summed E-state index contributed by atoms with van der Waals surface area (Å²) < 4.78 is 5.12. The molecule has 1 aliphatic rings. The van der Waals surface area contributed by atoms with E-state index in [2.05, 4.69) is 5.32 Å². The first-order valence-corrected chi connectivity index (χ1v) is 8.92. The molecule has 0 bridgehead atoms. The van der Waals surface area contributed by atoms with Gasteiger partial charge < -0.3 is 19.9 Å². The van der Waals surface area contributed by atoms with Crippen LogP contribution in [0.3, 0.4) is 0 Å². The normalized spacial score (nSPS) is 15.1. The molecule has 2 rings (SSSR count). The fraction of sp³-hybridized carbons (Fsp3) is 0.556. The van der Waals surface area contributed by atoms with Crippen LogP contribution in [0.15, 0.2) is 24.3 Å². The molecule has 0 atom stereocenters. The number of methoxy groups -OCH3 is 1. The van der Waals surface area contributed by atoms with E-state index in [1.807, 2.05) is 29.2 Å². The molecule has 0 radical (unpaired) electrons. The van der Waals surface area contributed by atoms with Crippen molar-refractivity contribution < 1.29 is 14.3 Å². The van der Waals surface area contributed by atoms with Crippen molar-refractivity contribution in [3.8, 4) is 0 Å². The third-order valence-electron chi connectivity index (χ3n) is 4.44. The third kappa shape index (κ3) is 5.90. The van der Waals surface area contributed by atoms with Crippen molar-refractivity contribution in [2.45, 2.75) is 32.4 Å². The van der Waals surface area contributed by atoms with Crippen LogP contribution in [0, 0.1) is 0 Å². The standard InChI is InChI=1S/C18H26ClN3O3/c1-14(23)21-9-7-16(8-10-21)20-18(24)22(11-12-25-2)13-15-5-3-4-6-17(15)19/h3-6,16H,7-13H2,1-2H3,(H,20,24). The molecule has 25 heavy (non-hydrogen) atoms. The van der Waals surface area contributed by atoms with Crippen LogP contribution in [0.1, 0.15) is 25.3 Å². The summed E-state index contributed by atoms with van der Waals surface area (Å²) in [5.74, 6) is 0.0882. The second kappa shape index (κ2) is 9.63. The Morgan fingerprint density at radius 2 is 2.00 bits per heavy atom. The van der Waals surface area contributed by atoms with Gasteiger partial charge in [0.05, 0.1) is 6.61 Å². The Labute approximate surface area is 154 Å². The zero-order valence-corrected chi connectivity index (χ0v) is 15.6. The number of piperidine rings is 1. The smallest absolute Gasteiger partial charge is 0.317 e. The largest absolute Gasteiger partial charge is 0.383 e. The molecule has 3 amide bonds. The molecule has 138 valence electrons. The molecule has 6 nitrogen and oxygen atoms in total. The molecule has 1 fully saturated rings. The van der Waals surface area contributed by atoms with E-state index in [4.69, 9.17) is 16.3 Å². The average Bonchev–Trinajstić information content (AvgIpc) is 2.60. The van der Waals surface area contributed by atoms with E-state index in [-0.39, 0.29) is 18.0 Å². The average molecular weight is 368 g/mol. The van der Waals surface area contributed by atoms with Gasteiger partial charge in [0.1, 0.15) is 0 Å². The number of likely N-dealkylation sites (tertiary alicyclic amines) is 1. The Morgan fingerprint density at radius 3 is 2.60 bits per heavy atom. The number of hydrogen-bond donors (Lipinski definition) is 1. The lowest BCUT2D eigenvalue weighted by Gasteiger charge is -2.33. The summed E-state index contributed by atoms with van der Waals surface area (Å²) in [5, 5.41) is 3.72. The number of urea groups is 1. The van der Waals surface area contributed by atoms with Crippen molar-refractivity contribution in [2.75, 3.05) is 33.4 Å². The number of hydrogen-bond acceptors (Lipinski definition) is 3. The highest BCUT2D eigenvalue weighted by Crippen LogP contribution is 2.17. The Kier molecular flexibility index (Phi) is 7.52. The van der Waals surface area contributed by atoms with Gasteiger partial charge in [0.25, 0.3) is 0 Å². The van der Waals surface area contributed by atoms with E-state index in [9.17, 15) is 9.59 Å². The zero-order valence-electron chi connectivity index (χ0n) is 14.8. The van der Waals surface area contributed by atoms with Gasteiger partial charge in [-0.15, -0.1) is 0 Å². The number of carbonyl (C=O) groups excluding carboxylic acids is 2. The molecule has 0 unspecified atom stereocenters. The molecule has 1 saturated heterocycles. The second-order valence-electron chi connectivity index (χ2n) is 6.24. The maximum atomic E-state index is 12.7. The van der Waals surface area contributed by atoms with Gasteiger partial charge in [0, 0.05) is 51.3 Å². The molecular weight excluding hydrogens is 342 g/mol. The molecule has 1 aromatic rings. The number of benzene rings is 1. The van der Waals surface area contributed by atoms with Crippen LogP contribution in [0.5, 0.6) is 0 Å². The Morgan fingerprint density at radius 1 is 1.32 bits per heavy atom. The predicted octanol–water partition coefficient (Wildman–Crippen LogP) is 2.51. The topological polar surface area (TPSA) is 61.9 Å². The van der Waals surface area contributed by atoms with E-state index >= 15 is 0 Å². The summed E-state index contributed by atoms with van der Waals surface area (Å²) in [5.41, 5.74) is 0.904. The molecule has 1 heterocycles. The first-order valence-electron chi connectivity index (χ1n) is 8.54. The van der Waals surface area contributed by atoms with Crippen LogP contribution in [-0.2, 0) is 16.1 Å². The number of carbonyl (C=O) groups is 2. The van der Waals surface area contributed by atoms with Gasteiger partial charge in [-0.25, -0.2) is 4.79 Å². The number of halogens is 1. The van der Waals surface area contributed by atoms with Gasteiger partial charge in [-0.2, -0.15) is 0 Å². The van der Waals surface area contributed by atoms with Crippen molar-refractivity contribution >= 4 is 23.5 Å². The number of rotatable bonds is 6. The van der Waals surface area contributed by atoms with Crippen LogP contribution in [-0.4, -0.2) is 61.1 Å². The zero-order chi connectivity index (χ0) is 18.2. The minimum atomic E-state index is -0.127. The maximum Gasteiger partial charge on any atom is 0.317 e. The monoisotopic (exact) mass is 367 g/mol. The predicted molar refractivity (Wildman–Crippen MR) is 97.5 cm³/mol. The van der Waals surface area contributed by atoms with Gasteiger partial charge in [-0.3, -0.25) is 4.79 Å². The van der Waals surface area contributed by atoms with E-state index in [0.29, 0.717) is 37.8 Å². The fourth-order valence-corrected chi connectivity index (χ4v) is 3.09. The van der Waals surface area contributed by atoms with Crippen LogP contribution >= 0.6 is 11.6 Å². The molecule has 7 heteroatoms. The first kappa shape index (κ1) is 19.5. The van der Waals surface area contributed by atoms with E-state index in [1.165, 1.54) is 0 Å². The van der Waals surface area contributed by atoms with Gasteiger partial charge in [-0.05, 0) is 24.5 Å². The molecule has 1 aliphatic heterocycles. The van der Waals surface area contributed by atoms with Crippen LogP contribution in [0.4, 0.5) is 4.79 Å². The second-order valence-corrected chi connectivity index (χ2v) is 6.64. The van der Waals surface area contributed by atoms with Crippen LogP contribution in [0.2, 0.25) is 5.02 Å². The van der Waals surface area contributed by atoms with Crippen LogP contribution in [0.25, 0.3) is 0 Å². The minimum absolute atomic E-state index is 0.0828. The molecule has 0 saturated carbocycles. The summed E-state index contributed by atoms with van der Waals surface area (Å²) in [4.78, 5) is 27.6. The lowest BCUT2D eigenvalue weighted by atomic mass is 10.1.